The lowest BCUT2D eigenvalue weighted by Gasteiger charge is -2.18. The quantitative estimate of drug-likeness (QED) is 0.478. The van der Waals surface area contributed by atoms with E-state index in [-0.39, 0.29) is 5.69 Å². The van der Waals surface area contributed by atoms with Crippen LogP contribution >= 0.6 is 0 Å². The SMILES string of the molecule is NNc1cccc(C(O)C(=O)O)c1OC(F)(F)F. The summed E-state index contributed by atoms with van der Waals surface area (Å²) in [7, 11) is 0. The number of nitrogens with one attached hydrogen (secondary N) is 1. The second-order valence-corrected chi connectivity index (χ2v) is 3.16. The maximum absolute atomic E-state index is 12.2. The minimum Gasteiger partial charge on any atom is -0.479 e. The van der Waals surface area contributed by atoms with Crippen molar-refractivity contribution in [3.63, 3.8) is 0 Å². The molecule has 5 N–H and O–H groups in total. The Morgan fingerprint density at radius 3 is 2.50 bits per heavy atom. The fraction of sp³-hybridized carbons (Fsp3) is 0.222. The molecule has 0 heterocycles. The number of halogens is 3. The van der Waals surface area contributed by atoms with Gasteiger partial charge in [0.15, 0.2) is 11.9 Å². The summed E-state index contributed by atoms with van der Waals surface area (Å²) in [4.78, 5) is 10.6. The van der Waals surface area contributed by atoms with Gasteiger partial charge in [0, 0.05) is 5.56 Å². The van der Waals surface area contributed by atoms with Crippen molar-refractivity contribution in [2.75, 3.05) is 5.43 Å². The van der Waals surface area contributed by atoms with E-state index in [0.717, 1.165) is 12.1 Å². The summed E-state index contributed by atoms with van der Waals surface area (Å²) in [5.74, 6) is 2.39. The van der Waals surface area contributed by atoms with Gasteiger partial charge in [-0.25, -0.2) is 4.79 Å². The smallest absolute Gasteiger partial charge is 0.479 e. The Kier molecular flexibility index (Phi) is 3.99. The van der Waals surface area contributed by atoms with E-state index < -0.39 is 29.7 Å². The van der Waals surface area contributed by atoms with E-state index in [1.807, 2.05) is 5.43 Å². The molecule has 1 rings (SSSR count). The summed E-state index contributed by atoms with van der Waals surface area (Å²) in [5, 5.41) is 17.9. The van der Waals surface area contributed by atoms with Crippen LogP contribution in [0.15, 0.2) is 18.2 Å². The van der Waals surface area contributed by atoms with E-state index in [1.165, 1.54) is 6.07 Å². The van der Waals surface area contributed by atoms with Crippen molar-refractivity contribution in [2.45, 2.75) is 12.5 Å². The molecule has 1 atom stereocenters. The van der Waals surface area contributed by atoms with Gasteiger partial charge >= 0.3 is 12.3 Å². The van der Waals surface area contributed by atoms with Crippen LogP contribution in [-0.2, 0) is 4.79 Å². The molecule has 0 fully saturated rings. The number of benzene rings is 1. The molecule has 1 unspecified atom stereocenters. The Labute approximate surface area is 98.7 Å². The number of hydrogen-bond acceptors (Lipinski definition) is 5. The Bertz CT molecular complexity index is 450. The Hall–Kier alpha value is -2.00. The van der Waals surface area contributed by atoms with Crippen molar-refractivity contribution in [1.82, 2.24) is 0 Å². The van der Waals surface area contributed by atoms with Crippen LogP contribution < -0.4 is 16.0 Å². The van der Waals surface area contributed by atoms with E-state index in [0.29, 0.717) is 0 Å². The standard InChI is InChI=1S/C9H9F3N2O4/c10-9(11,12)18-7-4(6(15)8(16)17)2-1-3-5(7)14-13/h1-3,6,14-15H,13H2,(H,16,17). The van der Waals surface area contributed by atoms with Crippen molar-refractivity contribution in [2.24, 2.45) is 5.84 Å². The number of nitrogens with two attached hydrogens (primary N) is 1. The Morgan fingerprint density at radius 2 is 2.06 bits per heavy atom. The second-order valence-electron chi connectivity index (χ2n) is 3.16. The fourth-order valence-electron chi connectivity index (χ4n) is 1.25. The molecule has 0 saturated heterocycles. The van der Waals surface area contributed by atoms with Crippen molar-refractivity contribution < 1.29 is 32.9 Å². The molecule has 0 saturated carbocycles. The number of aliphatic hydroxyl groups is 1. The number of carboxylic acids is 1. The molecule has 0 radical (unpaired) electrons. The topological polar surface area (TPSA) is 105 Å². The van der Waals surface area contributed by atoms with Crippen molar-refractivity contribution in [1.29, 1.82) is 0 Å². The molecule has 100 valence electrons. The first kappa shape index (κ1) is 14.1. The van der Waals surface area contributed by atoms with Gasteiger partial charge in [-0.05, 0) is 6.07 Å². The number of aliphatic hydroxyl groups excluding tert-OH is 1. The second kappa shape index (κ2) is 5.10. The molecule has 0 bridgehead atoms. The molecule has 1 aromatic rings. The summed E-state index contributed by atoms with van der Waals surface area (Å²) in [6.45, 7) is 0. The monoisotopic (exact) mass is 266 g/mol. The lowest BCUT2D eigenvalue weighted by molar-refractivity contribution is -0.274. The van der Waals surface area contributed by atoms with Crippen LogP contribution in [0.1, 0.15) is 11.7 Å². The zero-order valence-electron chi connectivity index (χ0n) is 8.73. The van der Waals surface area contributed by atoms with E-state index in [4.69, 9.17) is 10.9 Å². The number of aliphatic carboxylic acids is 1. The van der Waals surface area contributed by atoms with Gasteiger partial charge < -0.3 is 20.4 Å². The first-order valence-corrected chi connectivity index (χ1v) is 4.52. The highest BCUT2D eigenvalue weighted by Crippen LogP contribution is 2.36. The van der Waals surface area contributed by atoms with E-state index in [1.54, 1.807) is 0 Å². The minimum absolute atomic E-state index is 0.301. The highest BCUT2D eigenvalue weighted by atomic mass is 19.4. The van der Waals surface area contributed by atoms with Crippen molar-refractivity contribution >= 4 is 11.7 Å². The maximum atomic E-state index is 12.2. The van der Waals surface area contributed by atoms with Gasteiger partial charge in [0.05, 0.1) is 5.69 Å². The number of rotatable bonds is 4. The van der Waals surface area contributed by atoms with Crippen LogP contribution in [0.3, 0.4) is 0 Å². The third-order valence-corrected chi connectivity index (χ3v) is 1.95. The molecule has 0 amide bonds. The lowest BCUT2D eigenvalue weighted by atomic mass is 10.1. The number of carbonyl (C=O) groups is 1. The molecule has 0 aliphatic carbocycles. The third-order valence-electron chi connectivity index (χ3n) is 1.95. The Balaban J connectivity index is 3.29. The highest BCUT2D eigenvalue weighted by Gasteiger charge is 2.35. The molecule has 6 nitrogen and oxygen atoms in total. The number of nitrogen functional groups attached to an aromatic ring is 1. The normalized spacial score (nSPS) is 12.9. The number of alkyl halides is 3. The van der Waals surface area contributed by atoms with Crippen LogP contribution in [0.2, 0.25) is 0 Å². The third kappa shape index (κ3) is 3.25. The molecular weight excluding hydrogens is 257 g/mol. The summed E-state index contributed by atoms with van der Waals surface area (Å²) in [6, 6.07) is 3.35. The number of hydrazine groups is 1. The molecule has 18 heavy (non-hydrogen) atoms. The number of ether oxygens (including phenoxy) is 1. The molecule has 0 aliphatic rings. The first-order valence-electron chi connectivity index (χ1n) is 4.52. The number of carboxylic acid groups (broad SMARTS) is 1. The van der Waals surface area contributed by atoms with Gasteiger partial charge in [0.2, 0.25) is 0 Å². The predicted octanol–water partition coefficient (Wildman–Crippen LogP) is 0.989. The van der Waals surface area contributed by atoms with Crippen molar-refractivity contribution in [3.05, 3.63) is 23.8 Å². The average Bonchev–Trinajstić information content (AvgIpc) is 2.26. The zero-order chi connectivity index (χ0) is 13.9. The first-order chi connectivity index (χ1) is 8.26. The number of hydrogen-bond donors (Lipinski definition) is 4. The predicted molar refractivity (Wildman–Crippen MR) is 53.5 cm³/mol. The van der Waals surface area contributed by atoms with Gasteiger partial charge in [0.1, 0.15) is 0 Å². The van der Waals surface area contributed by atoms with Crippen LogP contribution in [0.25, 0.3) is 0 Å². The fourth-order valence-corrected chi connectivity index (χ4v) is 1.25. The minimum atomic E-state index is -5.04. The summed E-state index contributed by atoms with van der Waals surface area (Å²) >= 11 is 0. The molecule has 0 aromatic heterocycles. The largest absolute Gasteiger partial charge is 0.573 e. The van der Waals surface area contributed by atoms with Crippen LogP contribution in [0, 0.1) is 0 Å². The van der Waals surface area contributed by atoms with Crippen molar-refractivity contribution in [3.8, 4) is 5.75 Å². The number of para-hydroxylation sites is 1. The molecule has 9 heteroatoms. The average molecular weight is 266 g/mol. The van der Waals surface area contributed by atoms with Crippen LogP contribution in [0.4, 0.5) is 18.9 Å². The summed E-state index contributed by atoms with van der Waals surface area (Å²) in [6.07, 6.45) is -7.20. The highest BCUT2D eigenvalue weighted by molar-refractivity contribution is 5.77. The van der Waals surface area contributed by atoms with Gasteiger partial charge in [-0.15, -0.1) is 13.2 Å². The zero-order valence-corrected chi connectivity index (χ0v) is 8.73. The lowest BCUT2D eigenvalue weighted by Crippen LogP contribution is -2.22. The van der Waals surface area contributed by atoms with Gasteiger partial charge in [-0.3, -0.25) is 5.84 Å². The van der Waals surface area contributed by atoms with E-state index in [2.05, 4.69) is 4.74 Å². The number of anilines is 1. The Morgan fingerprint density at radius 1 is 1.44 bits per heavy atom. The summed E-state index contributed by atoms with van der Waals surface area (Å²) < 4.78 is 40.2. The van der Waals surface area contributed by atoms with Gasteiger partial charge in [-0.2, -0.15) is 0 Å². The molecule has 0 aliphatic heterocycles. The van der Waals surface area contributed by atoms with Crippen LogP contribution in [-0.4, -0.2) is 22.5 Å². The van der Waals surface area contributed by atoms with E-state index in [9.17, 15) is 23.1 Å². The molecular formula is C9H9F3N2O4. The molecule has 1 aromatic carbocycles. The summed E-state index contributed by atoms with van der Waals surface area (Å²) in [5.41, 5.74) is 1.06. The van der Waals surface area contributed by atoms with Gasteiger partial charge in [0.25, 0.3) is 0 Å². The van der Waals surface area contributed by atoms with Crippen LogP contribution in [0.5, 0.6) is 5.75 Å². The maximum Gasteiger partial charge on any atom is 0.573 e. The van der Waals surface area contributed by atoms with Gasteiger partial charge in [-0.1, -0.05) is 12.1 Å². The molecule has 0 spiro atoms. The van der Waals surface area contributed by atoms with E-state index >= 15 is 0 Å².